The number of ether oxygens (including phenoxy) is 2. The number of fused-ring (bicyclic) bond motifs is 1. The van der Waals surface area contributed by atoms with E-state index in [1.54, 1.807) is 7.11 Å². The normalized spacial score (nSPS) is 30.0. The second-order valence-electron chi connectivity index (χ2n) is 9.21. The first-order valence-electron chi connectivity index (χ1n) is 10.9. The topological polar surface area (TPSA) is 70.2 Å². The van der Waals surface area contributed by atoms with Crippen molar-refractivity contribution < 1.29 is 9.47 Å². The minimum atomic E-state index is 0.229. The monoisotopic (exact) mass is 400 g/mol. The molecule has 1 saturated heterocycles. The molecule has 0 spiro atoms. The maximum Gasteiger partial charge on any atom is 0.108 e. The van der Waals surface area contributed by atoms with E-state index in [9.17, 15) is 0 Å². The summed E-state index contributed by atoms with van der Waals surface area (Å²) in [6.45, 7) is 4.69. The van der Waals surface area contributed by atoms with E-state index >= 15 is 0 Å². The van der Waals surface area contributed by atoms with Crippen molar-refractivity contribution in [2.75, 3.05) is 26.8 Å². The predicted molar refractivity (Wildman–Crippen MR) is 107 cm³/mol. The fraction of sp³-hybridized carbons (Fsp3) is 0.762. The second kappa shape index (κ2) is 8.16. The molecule has 2 aromatic rings. The molecule has 29 heavy (non-hydrogen) atoms. The van der Waals surface area contributed by atoms with Gasteiger partial charge in [-0.3, -0.25) is 9.58 Å². The highest BCUT2D eigenvalue weighted by Gasteiger charge is 2.44. The maximum absolute atomic E-state index is 6.46. The predicted octanol–water partition coefficient (Wildman–Crippen LogP) is 2.04. The summed E-state index contributed by atoms with van der Waals surface area (Å²) in [7, 11) is 3.68. The van der Waals surface area contributed by atoms with E-state index in [0.29, 0.717) is 18.4 Å². The van der Waals surface area contributed by atoms with Gasteiger partial charge in [0.25, 0.3) is 0 Å². The minimum Gasteiger partial charge on any atom is -0.378 e. The van der Waals surface area contributed by atoms with Crippen LogP contribution in [0.25, 0.3) is 0 Å². The number of methoxy groups -OCH3 is 1. The molecular formula is C21H32N6O2. The van der Waals surface area contributed by atoms with Crippen molar-refractivity contribution in [2.45, 2.75) is 51.0 Å². The van der Waals surface area contributed by atoms with Gasteiger partial charge in [0.1, 0.15) is 5.69 Å². The van der Waals surface area contributed by atoms with Crippen molar-refractivity contribution in [3.8, 4) is 0 Å². The van der Waals surface area contributed by atoms with Crippen molar-refractivity contribution in [1.82, 2.24) is 29.7 Å². The second-order valence-corrected chi connectivity index (χ2v) is 9.21. The Morgan fingerprint density at radius 3 is 2.69 bits per heavy atom. The highest BCUT2D eigenvalue weighted by molar-refractivity contribution is 5.05. The van der Waals surface area contributed by atoms with Crippen LogP contribution in [0, 0.1) is 17.8 Å². The zero-order chi connectivity index (χ0) is 19.8. The van der Waals surface area contributed by atoms with Gasteiger partial charge in [-0.05, 0) is 43.4 Å². The molecule has 8 heteroatoms. The van der Waals surface area contributed by atoms with E-state index in [0.717, 1.165) is 50.7 Å². The molecule has 3 fully saturated rings. The Morgan fingerprint density at radius 2 is 1.97 bits per heavy atom. The number of aryl methyl sites for hydroxylation is 1. The van der Waals surface area contributed by atoms with E-state index in [1.807, 2.05) is 28.8 Å². The molecule has 8 nitrogen and oxygen atoms in total. The molecule has 4 atom stereocenters. The van der Waals surface area contributed by atoms with E-state index in [2.05, 4.69) is 26.5 Å². The molecule has 0 unspecified atom stereocenters. The van der Waals surface area contributed by atoms with Crippen LogP contribution in [0.1, 0.15) is 43.0 Å². The van der Waals surface area contributed by atoms with E-state index in [4.69, 9.17) is 9.47 Å². The first-order valence-corrected chi connectivity index (χ1v) is 10.9. The first kappa shape index (κ1) is 19.2. The number of likely N-dealkylation sites (tertiary alicyclic amines) is 1. The van der Waals surface area contributed by atoms with Gasteiger partial charge in [0.15, 0.2) is 0 Å². The molecule has 0 N–H and O–H groups in total. The Morgan fingerprint density at radius 1 is 1.14 bits per heavy atom. The lowest BCUT2D eigenvalue weighted by Crippen LogP contribution is -2.38. The number of aromatic nitrogens is 5. The lowest BCUT2D eigenvalue weighted by Gasteiger charge is -2.37. The molecule has 0 amide bonds. The van der Waals surface area contributed by atoms with Crippen LogP contribution in [0.5, 0.6) is 0 Å². The third-order valence-electron chi connectivity index (χ3n) is 6.76. The van der Waals surface area contributed by atoms with Crippen LogP contribution >= 0.6 is 0 Å². The summed E-state index contributed by atoms with van der Waals surface area (Å²) in [5, 5.41) is 13.1. The summed E-state index contributed by atoms with van der Waals surface area (Å²) >= 11 is 0. The van der Waals surface area contributed by atoms with Crippen molar-refractivity contribution in [3.63, 3.8) is 0 Å². The van der Waals surface area contributed by atoms with Crippen LogP contribution in [-0.2, 0) is 29.7 Å². The summed E-state index contributed by atoms with van der Waals surface area (Å²) in [6, 6.07) is 0.270. The Labute approximate surface area is 172 Å². The summed E-state index contributed by atoms with van der Waals surface area (Å²) in [6.07, 6.45) is 11.3. The highest BCUT2D eigenvalue weighted by atomic mass is 16.5. The molecule has 3 aliphatic rings. The zero-order valence-electron chi connectivity index (χ0n) is 17.5. The van der Waals surface area contributed by atoms with Gasteiger partial charge < -0.3 is 9.47 Å². The Balaban J connectivity index is 1.28. The molecule has 3 heterocycles. The number of rotatable bonds is 8. The van der Waals surface area contributed by atoms with Crippen LogP contribution in [0.3, 0.4) is 0 Å². The Bertz CT molecular complexity index is 816. The van der Waals surface area contributed by atoms with Crippen LogP contribution < -0.4 is 0 Å². The van der Waals surface area contributed by atoms with Gasteiger partial charge >= 0.3 is 0 Å². The van der Waals surface area contributed by atoms with Crippen LogP contribution in [0.2, 0.25) is 0 Å². The fourth-order valence-electron chi connectivity index (χ4n) is 5.12. The fourth-order valence-corrected chi connectivity index (χ4v) is 5.12. The summed E-state index contributed by atoms with van der Waals surface area (Å²) in [5.74, 6) is 2.17. The van der Waals surface area contributed by atoms with Crippen LogP contribution in [-0.4, -0.2) is 62.6 Å². The third kappa shape index (κ3) is 4.39. The van der Waals surface area contributed by atoms with Crippen LogP contribution in [0.4, 0.5) is 0 Å². The van der Waals surface area contributed by atoms with Crippen molar-refractivity contribution in [2.24, 2.45) is 24.8 Å². The molecule has 2 saturated carbocycles. The maximum atomic E-state index is 6.46. The molecule has 1 aliphatic heterocycles. The Kier molecular flexibility index (Phi) is 5.41. The van der Waals surface area contributed by atoms with Gasteiger partial charge in [-0.15, -0.1) is 5.10 Å². The quantitative estimate of drug-likeness (QED) is 0.675. The van der Waals surface area contributed by atoms with Gasteiger partial charge in [-0.1, -0.05) is 5.21 Å². The number of hydrogen-bond acceptors (Lipinski definition) is 6. The first-order chi connectivity index (χ1) is 14.2. The van der Waals surface area contributed by atoms with E-state index in [-0.39, 0.29) is 12.1 Å². The lowest BCUT2D eigenvalue weighted by atomic mass is 9.77. The van der Waals surface area contributed by atoms with E-state index < -0.39 is 0 Å². The molecule has 2 aliphatic carbocycles. The molecule has 0 aromatic carbocycles. The third-order valence-corrected chi connectivity index (χ3v) is 6.76. The SMILES string of the molecule is COCc1cn([C@@H]2C[C@@H]3CN(Cc4cnn(C)c4)C[C@@H]3C[C@H]2OCC2CC2)nn1. The van der Waals surface area contributed by atoms with Crippen molar-refractivity contribution in [1.29, 1.82) is 0 Å². The van der Waals surface area contributed by atoms with Gasteiger partial charge in [-0.25, -0.2) is 4.68 Å². The van der Waals surface area contributed by atoms with Crippen molar-refractivity contribution >= 4 is 0 Å². The van der Waals surface area contributed by atoms with Gasteiger partial charge in [0.2, 0.25) is 0 Å². The number of nitrogens with zero attached hydrogens (tertiary/aromatic N) is 6. The number of hydrogen-bond donors (Lipinski definition) is 0. The highest BCUT2D eigenvalue weighted by Crippen LogP contribution is 2.43. The molecule has 0 bridgehead atoms. The summed E-state index contributed by atoms with van der Waals surface area (Å²) in [4.78, 5) is 2.59. The average Bonchev–Trinajstić information content (AvgIpc) is 3.06. The standard InChI is InChI=1S/C21H32N6O2/c1-25-8-16(7-22-25)9-26-10-17-5-20(27-12-19(14-28-2)23-24-27)21(6-18(17)11-26)29-13-15-3-4-15/h7-8,12,15,17-18,20-21H,3-6,9-11,13-14H2,1-2H3/t17-,18+,20-,21-/m1/s1. The van der Waals surface area contributed by atoms with Gasteiger partial charge in [0.05, 0.1) is 31.1 Å². The van der Waals surface area contributed by atoms with Crippen LogP contribution in [0.15, 0.2) is 18.6 Å². The molecule has 2 aromatic heterocycles. The average molecular weight is 401 g/mol. The molecule has 158 valence electrons. The molecule has 5 rings (SSSR count). The zero-order valence-corrected chi connectivity index (χ0v) is 17.5. The smallest absolute Gasteiger partial charge is 0.108 e. The molecule has 0 radical (unpaired) electrons. The van der Waals surface area contributed by atoms with Gasteiger partial charge in [0, 0.05) is 52.2 Å². The van der Waals surface area contributed by atoms with Crippen molar-refractivity contribution in [3.05, 3.63) is 29.8 Å². The molecular weight excluding hydrogens is 368 g/mol. The lowest BCUT2D eigenvalue weighted by molar-refractivity contribution is -0.0376. The largest absolute Gasteiger partial charge is 0.378 e. The Hall–Kier alpha value is -1.77. The summed E-state index contributed by atoms with van der Waals surface area (Å²) < 4.78 is 15.6. The summed E-state index contributed by atoms with van der Waals surface area (Å²) in [5.41, 5.74) is 2.19. The van der Waals surface area contributed by atoms with Gasteiger partial charge in [-0.2, -0.15) is 5.10 Å². The minimum absolute atomic E-state index is 0.229. The van der Waals surface area contributed by atoms with E-state index in [1.165, 1.54) is 18.4 Å².